The van der Waals surface area contributed by atoms with Gasteiger partial charge < -0.3 is 4.74 Å². The molecule has 0 amide bonds. The lowest BCUT2D eigenvalue weighted by Gasteiger charge is -2.12. The lowest BCUT2D eigenvalue weighted by molar-refractivity contribution is 0.267. The maximum absolute atomic E-state index is 13.4. The second kappa shape index (κ2) is 5.66. The average Bonchev–Trinajstić information content (AvgIpc) is 2.96. The molecule has 2 aliphatic rings. The van der Waals surface area contributed by atoms with Crippen LogP contribution in [-0.4, -0.2) is 36.3 Å². The molecule has 4 rings (SSSR count). The molecule has 2 aromatic carbocycles. The fourth-order valence-electron chi connectivity index (χ4n) is 3.38. The van der Waals surface area contributed by atoms with Gasteiger partial charge >= 0.3 is 0 Å². The van der Waals surface area contributed by atoms with Crippen LogP contribution in [0, 0.1) is 0 Å². The molecule has 2 aromatic rings. The number of aliphatic imine (C=N–C) groups is 1. The maximum atomic E-state index is 13.4. The predicted molar refractivity (Wildman–Crippen MR) is 101 cm³/mol. The predicted octanol–water partition coefficient (Wildman–Crippen LogP) is 3.40. The van der Waals surface area contributed by atoms with Gasteiger partial charge in [0.1, 0.15) is 12.1 Å². The Morgan fingerprint density at radius 1 is 1.08 bits per heavy atom. The minimum Gasteiger partial charge on any atom is -0.477 e. The topological polar surface area (TPSA) is 58.7 Å². The first-order chi connectivity index (χ1) is 12.6. The maximum Gasteiger partial charge on any atom is 0.244 e. The summed E-state index contributed by atoms with van der Waals surface area (Å²) in [6, 6.07) is 15.7. The molecule has 0 radical (unpaired) electrons. The van der Waals surface area contributed by atoms with Crippen molar-refractivity contribution in [2.24, 2.45) is 4.99 Å². The van der Waals surface area contributed by atoms with Gasteiger partial charge in [0.15, 0.2) is 0 Å². The smallest absolute Gasteiger partial charge is 0.244 e. The van der Waals surface area contributed by atoms with E-state index in [0.29, 0.717) is 18.1 Å². The minimum atomic E-state index is -3.92. The molecule has 3 atom stereocenters. The van der Waals surface area contributed by atoms with Crippen LogP contribution in [0.2, 0.25) is 0 Å². The van der Waals surface area contributed by atoms with Gasteiger partial charge in [-0.2, -0.15) is 4.31 Å². The normalized spacial score (nSPS) is 33.1. The molecule has 0 N–H and O–H groups in total. The number of nitrogens with zero attached hydrogens (tertiary/aromatic N) is 2. The largest absolute Gasteiger partial charge is 0.477 e. The van der Waals surface area contributed by atoms with Gasteiger partial charge in [-0.05, 0) is 38.5 Å². The number of ether oxygens (including phenoxy) is 1. The van der Waals surface area contributed by atoms with Crippen molar-refractivity contribution in [3.05, 3.63) is 66.2 Å². The molecular formula is C20H22N2O3S. The molecule has 6 heteroatoms. The molecule has 0 saturated carbocycles. The Morgan fingerprint density at radius 3 is 2.19 bits per heavy atom. The second-order valence-electron chi connectivity index (χ2n) is 7.39. The zero-order valence-electron chi connectivity index (χ0n) is 16.0. The summed E-state index contributed by atoms with van der Waals surface area (Å²) in [6.45, 7) is 5.93. The van der Waals surface area contributed by atoms with Crippen LogP contribution in [0.25, 0.3) is 0 Å². The highest BCUT2D eigenvalue weighted by Gasteiger charge is 2.71. The first-order valence-corrected chi connectivity index (χ1v) is 9.97. The fraction of sp³-hybridized carbons (Fsp3) is 0.350. The number of sulfonamides is 1. The van der Waals surface area contributed by atoms with Gasteiger partial charge in [-0.15, -0.1) is 0 Å². The summed E-state index contributed by atoms with van der Waals surface area (Å²) >= 11 is 0. The molecule has 1 unspecified atom stereocenters. The zero-order valence-corrected chi connectivity index (χ0v) is 15.8. The first kappa shape index (κ1) is 16.0. The SMILES string of the molecule is [2H][C@@]1(c2ccccc2)N(S(=O)(=O)c2ccccc2)[C@@]1(C)C1=NC(C)(C)CO1. The van der Waals surface area contributed by atoms with Gasteiger partial charge in [0, 0.05) is 0 Å². The lowest BCUT2D eigenvalue weighted by atomic mass is 10.0. The van der Waals surface area contributed by atoms with Gasteiger partial charge in [-0.25, -0.2) is 13.4 Å². The Balaban J connectivity index is 1.89. The summed E-state index contributed by atoms with van der Waals surface area (Å²) in [5.74, 6) is 0.297. The number of hydrogen-bond acceptors (Lipinski definition) is 4. The van der Waals surface area contributed by atoms with Crippen LogP contribution < -0.4 is 0 Å². The molecule has 0 bridgehead atoms. The van der Waals surface area contributed by atoms with E-state index in [1.807, 2.05) is 19.9 Å². The molecule has 0 aromatic heterocycles. The Kier molecular flexibility index (Phi) is 3.49. The van der Waals surface area contributed by atoms with Gasteiger partial charge in [-0.3, -0.25) is 0 Å². The highest BCUT2D eigenvalue weighted by Crippen LogP contribution is 2.58. The molecular weight excluding hydrogens is 348 g/mol. The molecule has 0 aliphatic carbocycles. The summed E-state index contributed by atoms with van der Waals surface area (Å²) in [5, 5.41) is 0. The Hall–Kier alpha value is -2.18. The lowest BCUT2D eigenvalue weighted by Crippen LogP contribution is -2.29. The van der Waals surface area contributed by atoms with Crippen LogP contribution in [-0.2, 0) is 14.8 Å². The summed E-state index contributed by atoms with van der Waals surface area (Å²) in [5.41, 5.74) is -1.07. The van der Waals surface area contributed by atoms with Crippen molar-refractivity contribution < 1.29 is 14.5 Å². The molecule has 5 nitrogen and oxygen atoms in total. The second-order valence-corrected chi connectivity index (χ2v) is 9.17. The monoisotopic (exact) mass is 371 g/mol. The third kappa shape index (κ3) is 2.56. The van der Waals surface area contributed by atoms with Crippen molar-refractivity contribution in [3.63, 3.8) is 0 Å². The van der Waals surface area contributed by atoms with Crippen molar-refractivity contribution in [2.45, 2.75) is 42.8 Å². The van der Waals surface area contributed by atoms with E-state index < -0.39 is 27.1 Å². The Bertz CT molecular complexity index is 1010. The molecule has 0 spiro atoms. The third-order valence-corrected chi connectivity index (χ3v) is 6.63. The van der Waals surface area contributed by atoms with Crippen molar-refractivity contribution in [1.29, 1.82) is 0 Å². The van der Waals surface area contributed by atoms with Gasteiger partial charge in [0.05, 0.1) is 17.8 Å². The van der Waals surface area contributed by atoms with E-state index in [4.69, 9.17) is 4.74 Å². The van der Waals surface area contributed by atoms with Crippen molar-refractivity contribution >= 4 is 15.9 Å². The van der Waals surface area contributed by atoms with E-state index in [-0.39, 0.29) is 4.90 Å². The number of benzene rings is 2. The van der Waals surface area contributed by atoms with Crippen LogP contribution >= 0.6 is 0 Å². The van der Waals surface area contributed by atoms with Crippen molar-refractivity contribution in [2.75, 3.05) is 6.61 Å². The molecule has 26 heavy (non-hydrogen) atoms. The van der Waals surface area contributed by atoms with Gasteiger partial charge in [-0.1, -0.05) is 48.5 Å². The standard InChI is InChI=1S/C20H22N2O3S/c1-19(2)14-25-18(21-19)20(3)17(15-10-6-4-7-11-15)22(20)26(23,24)16-12-8-5-9-13-16/h4-13,17H,14H2,1-3H3/t17-,20+,22?/m0/s1/i17D. The highest BCUT2D eigenvalue weighted by atomic mass is 32.2. The van der Waals surface area contributed by atoms with E-state index >= 15 is 0 Å². The molecule has 136 valence electrons. The summed E-state index contributed by atoms with van der Waals surface area (Å²) in [7, 11) is -3.92. The quantitative estimate of drug-likeness (QED) is 0.774. The third-order valence-electron chi connectivity index (χ3n) is 4.73. The first-order valence-electron chi connectivity index (χ1n) is 9.03. The van der Waals surface area contributed by atoms with Crippen LogP contribution in [0.1, 0.15) is 33.7 Å². The summed E-state index contributed by atoms with van der Waals surface area (Å²) in [4.78, 5) is 4.75. The molecule has 2 heterocycles. The molecule has 2 aliphatic heterocycles. The van der Waals surface area contributed by atoms with E-state index in [0.717, 1.165) is 0 Å². The average molecular weight is 371 g/mol. The van der Waals surface area contributed by atoms with Gasteiger partial charge in [0.25, 0.3) is 0 Å². The molecule has 1 saturated heterocycles. The van der Waals surface area contributed by atoms with E-state index in [9.17, 15) is 9.79 Å². The van der Waals surface area contributed by atoms with E-state index in [1.54, 1.807) is 61.5 Å². The van der Waals surface area contributed by atoms with Crippen LogP contribution in [0.4, 0.5) is 0 Å². The zero-order chi connectivity index (χ0) is 19.5. The fourth-order valence-corrected chi connectivity index (χ4v) is 5.22. The minimum absolute atomic E-state index is 0.152. The van der Waals surface area contributed by atoms with E-state index in [1.165, 1.54) is 4.31 Å². The number of rotatable bonds is 4. The van der Waals surface area contributed by atoms with Crippen molar-refractivity contribution in [1.82, 2.24) is 4.31 Å². The summed E-state index contributed by atoms with van der Waals surface area (Å²) < 4.78 is 43.0. The highest BCUT2D eigenvalue weighted by molar-refractivity contribution is 7.89. The Morgan fingerprint density at radius 2 is 1.65 bits per heavy atom. The summed E-state index contributed by atoms with van der Waals surface area (Å²) in [6.07, 6.45) is 0. The van der Waals surface area contributed by atoms with Gasteiger partial charge in [0.2, 0.25) is 15.9 Å². The van der Waals surface area contributed by atoms with Crippen LogP contribution in [0.3, 0.4) is 0 Å². The van der Waals surface area contributed by atoms with Crippen LogP contribution in [0.15, 0.2) is 70.6 Å². The number of hydrogen-bond donors (Lipinski definition) is 0. The Labute approximate surface area is 155 Å². The molecule has 1 fully saturated rings. The van der Waals surface area contributed by atoms with E-state index in [2.05, 4.69) is 4.99 Å². The van der Waals surface area contributed by atoms with Crippen LogP contribution in [0.5, 0.6) is 0 Å². The van der Waals surface area contributed by atoms with Crippen molar-refractivity contribution in [3.8, 4) is 0 Å².